The van der Waals surface area contributed by atoms with E-state index in [2.05, 4.69) is 43.4 Å². The van der Waals surface area contributed by atoms with Crippen LogP contribution < -0.4 is 10.1 Å². The molecule has 2 aliphatic rings. The molecule has 23 heavy (non-hydrogen) atoms. The molecule has 0 bridgehead atoms. The standard InChI is InChI=1S/C20H23NO2/c1-12-10-13(2)18-17(11-12)20-16(8-9-23-20)19(21-18)14-4-6-15(22-3)7-5-14/h4-7,10-11,16,19-21H,8-9H2,1-3H3/t16-,19?,20-/m0/s1. The van der Waals surface area contributed by atoms with Gasteiger partial charge in [-0.3, -0.25) is 0 Å². The van der Waals surface area contributed by atoms with Crippen molar-refractivity contribution in [3.05, 3.63) is 58.7 Å². The Kier molecular flexibility index (Phi) is 3.53. The Bertz CT molecular complexity index is 723. The smallest absolute Gasteiger partial charge is 0.118 e. The second kappa shape index (κ2) is 5.57. The number of methoxy groups -OCH3 is 1. The zero-order valence-corrected chi connectivity index (χ0v) is 13.9. The van der Waals surface area contributed by atoms with E-state index in [1.54, 1.807) is 7.11 Å². The number of nitrogens with one attached hydrogen (secondary N) is 1. The Labute approximate surface area is 137 Å². The molecule has 1 fully saturated rings. The topological polar surface area (TPSA) is 30.5 Å². The number of aryl methyl sites for hydroxylation is 2. The Balaban J connectivity index is 1.77. The van der Waals surface area contributed by atoms with Crippen molar-refractivity contribution >= 4 is 5.69 Å². The normalized spacial score (nSPS) is 25.4. The molecule has 0 saturated carbocycles. The van der Waals surface area contributed by atoms with Crippen LogP contribution in [0.1, 0.15) is 40.8 Å². The van der Waals surface area contributed by atoms with Crippen molar-refractivity contribution in [2.75, 3.05) is 19.0 Å². The minimum absolute atomic E-state index is 0.206. The Hall–Kier alpha value is -2.00. The molecule has 1 N–H and O–H groups in total. The maximum Gasteiger partial charge on any atom is 0.118 e. The number of rotatable bonds is 2. The Morgan fingerprint density at radius 1 is 1.13 bits per heavy atom. The molecule has 2 heterocycles. The van der Waals surface area contributed by atoms with Gasteiger partial charge in [0.15, 0.2) is 0 Å². The minimum atomic E-state index is 0.206. The summed E-state index contributed by atoms with van der Waals surface area (Å²) in [5.74, 6) is 1.38. The molecule has 120 valence electrons. The summed E-state index contributed by atoms with van der Waals surface area (Å²) in [6.45, 7) is 5.18. The lowest BCUT2D eigenvalue weighted by Gasteiger charge is -2.37. The van der Waals surface area contributed by atoms with Gasteiger partial charge in [0.05, 0.1) is 19.3 Å². The molecule has 0 aromatic heterocycles. The third-order valence-corrected chi connectivity index (χ3v) is 5.16. The van der Waals surface area contributed by atoms with Crippen LogP contribution >= 0.6 is 0 Å². The van der Waals surface area contributed by atoms with E-state index in [9.17, 15) is 0 Å². The van der Waals surface area contributed by atoms with Crippen LogP contribution in [0.5, 0.6) is 5.75 Å². The molecule has 0 aliphatic carbocycles. The first kappa shape index (κ1) is 14.6. The third-order valence-electron chi connectivity index (χ3n) is 5.16. The van der Waals surface area contributed by atoms with Gasteiger partial charge in [-0.2, -0.15) is 0 Å². The van der Waals surface area contributed by atoms with E-state index in [1.165, 1.54) is 27.9 Å². The summed E-state index contributed by atoms with van der Waals surface area (Å²) in [6, 6.07) is 13.2. The minimum Gasteiger partial charge on any atom is -0.497 e. The average Bonchev–Trinajstić information content (AvgIpc) is 3.04. The molecule has 0 radical (unpaired) electrons. The van der Waals surface area contributed by atoms with Crippen molar-refractivity contribution in [2.45, 2.75) is 32.4 Å². The highest BCUT2D eigenvalue weighted by Crippen LogP contribution is 2.50. The molecule has 1 saturated heterocycles. The van der Waals surface area contributed by atoms with Gasteiger partial charge in [-0.25, -0.2) is 0 Å². The van der Waals surface area contributed by atoms with Gasteiger partial charge in [-0.05, 0) is 43.5 Å². The molecule has 0 amide bonds. The number of benzene rings is 2. The van der Waals surface area contributed by atoms with Crippen molar-refractivity contribution in [1.29, 1.82) is 0 Å². The molecule has 3 nitrogen and oxygen atoms in total. The van der Waals surface area contributed by atoms with Crippen LogP contribution in [0.3, 0.4) is 0 Å². The van der Waals surface area contributed by atoms with Gasteiger partial charge < -0.3 is 14.8 Å². The Morgan fingerprint density at radius 2 is 1.91 bits per heavy atom. The van der Waals surface area contributed by atoms with Crippen molar-refractivity contribution < 1.29 is 9.47 Å². The van der Waals surface area contributed by atoms with E-state index >= 15 is 0 Å². The SMILES string of the molecule is COc1ccc(C2Nc3c(C)cc(C)cc3[C@H]3OCC[C@@H]23)cc1. The average molecular weight is 309 g/mol. The van der Waals surface area contributed by atoms with Crippen LogP contribution in [0.15, 0.2) is 36.4 Å². The van der Waals surface area contributed by atoms with Gasteiger partial charge in [-0.15, -0.1) is 0 Å². The van der Waals surface area contributed by atoms with E-state index in [1.807, 2.05) is 12.1 Å². The van der Waals surface area contributed by atoms with Crippen LogP contribution in [-0.4, -0.2) is 13.7 Å². The molecule has 4 rings (SSSR count). The van der Waals surface area contributed by atoms with Crippen molar-refractivity contribution in [3.8, 4) is 5.75 Å². The maximum absolute atomic E-state index is 6.13. The van der Waals surface area contributed by atoms with Gasteiger partial charge in [0.1, 0.15) is 5.75 Å². The zero-order chi connectivity index (χ0) is 16.0. The molecule has 2 aromatic carbocycles. The molecule has 3 atom stereocenters. The molecule has 3 heteroatoms. The predicted octanol–water partition coefficient (Wildman–Crippen LogP) is 4.56. The Morgan fingerprint density at radius 3 is 2.65 bits per heavy atom. The number of hydrogen-bond acceptors (Lipinski definition) is 3. The number of hydrogen-bond donors (Lipinski definition) is 1. The second-order valence-electron chi connectivity index (χ2n) is 6.69. The highest BCUT2D eigenvalue weighted by atomic mass is 16.5. The summed E-state index contributed by atoms with van der Waals surface area (Å²) in [5.41, 5.74) is 6.49. The third kappa shape index (κ3) is 2.40. The zero-order valence-electron chi connectivity index (χ0n) is 13.9. The summed E-state index contributed by atoms with van der Waals surface area (Å²) in [6.07, 6.45) is 1.30. The van der Waals surface area contributed by atoms with Crippen LogP contribution in [-0.2, 0) is 4.74 Å². The number of fused-ring (bicyclic) bond motifs is 3. The van der Waals surface area contributed by atoms with Crippen LogP contribution in [0, 0.1) is 19.8 Å². The highest BCUT2D eigenvalue weighted by Gasteiger charge is 2.41. The van der Waals surface area contributed by atoms with Crippen LogP contribution in [0.2, 0.25) is 0 Å². The van der Waals surface area contributed by atoms with E-state index in [-0.39, 0.29) is 6.10 Å². The lowest BCUT2D eigenvalue weighted by Crippen LogP contribution is -2.29. The van der Waals surface area contributed by atoms with Gasteiger partial charge >= 0.3 is 0 Å². The second-order valence-corrected chi connectivity index (χ2v) is 6.69. The fraction of sp³-hybridized carbons (Fsp3) is 0.400. The van der Waals surface area contributed by atoms with Crippen molar-refractivity contribution in [2.24, 2.45) is 5.92 Å². The van der Waals surface area contributed by atoms with E-state index in [0.29, 0.717) is 12.0 Å². The molecule has 1 unspecified atom stereocenters. The van der Waals surface area contributed by atoms with Gasteiger partial charge in [0.25, 0.3) is 0 Å². The van der Waals surface area contributed by atoms with E-state index in [4.69, 9.17) is 9.47 Å². The molecule has 0 spiro atoms. The summed E-state index contributed by atoms with van der Waals surface area (Å²) in [7, 11) is 1.71. The molecule has 2 aromatic rings. The first-order chi connectivity index (χ1) is 11.2. The fourth-order valence-corrected chi connectivity index (χ4v) is 4.09. The van der Waals surface area contributed by atoms with E-state index < -0.39 is 0 Å². The van der Waals surface area contributed by atoms with Gasteiger partial charge in [0.2, 0.25) is 0 Å². The predicted molar refractivity (Wildman–Crippen MR) is 92.1 cm³/mol. The summed E-state index contributed by atoms with van der Waals surface area (Å²) in [4.78, 5) is 0. The lowest BCUT2D eigenvalue weighted by molar-refractivity contribution is 0.0828. The number of ether oxygens (including phenoxy) is 2. The fourth-order valence-electron chi connectivity index (χ4n) is 4.09. The monoisotopic (exact) mass is 309 g/mol. The quantitative estimate of drug-likeness (QED) is 0.882. The largest absolute Gasteiger partial charge is 0.497 e. The molecular weight excluding hydrogens is 286 g/mol. The number of anilines is 1. The van der Waals surface area contributed by atoms with Crippen molar-refractivity contribution in [3.63, 3.8) is 0 Å². The maximum atomic E-state index is 6.13. The summed E-state index contributed by atoms with van der Waals surface area (Å²) in [5, 5.41) is 3.80. The van der Waals surface area contributed by atoms with Gasteiger partial charge in [0, 0.05) is 23.8 Å². The summed E-state index contributed by atoms with van der Waals surface area (Å²) < 4.78 is 11.4. The first-order valence-electron chi connectivity index (χ1n) is 8.30. The van der Waals surface area contributed by atoms with Crippen LogP contribution in [0.4, 0.5) is 5.69 Å². The highest BCUT2D eigenvalue weighted by molar-refractivity contribution is 5.63. The van der Waals surface area contributed by atoms with E-state index in [0.717, 1.165) is 18.8 Å². The lowest BCUT2D eigenvalue weighted by atomic mass is 9.80. The van der Waals surface area contributed by atoms with Crippen LogP contribution in [0.25, 0.3) is 0 Å². The molecule has 2 aliphatic heterocycles. The van der Waals surface area contributed by atoms with Crippen molar-refractivity contribution in [1.82, 2.24) is 0 Å². The first-order valence-corrected chi connectivity index (χ1v) is 8.30. The summed E-state index contributed by atoms with van der Waals surface area (Å²) >= 11 is 0. The van der Waals surface area contributed by atoms with Gasteiger partial charge in [-0.1, -0.05) is 29.8 Å². The molecular formula is C20H23NO2.